The van der Waals surface area contributed by atoms with Crippen molar-refractivity contribution in [3.05, 3.63) is 24.3 Å². The monoisotopic (exact) mass is 178 g/mol. The summed E-state index contributed by atoms with van der Waals surface area (Å²) in [7, 11) is 0. The summed E-state index contributed by atoms with van der Waals surface area (Å²) in [5.41, 5.74) is 0.0371. The van der Waals surface area contributed by atoms with E-state index in [2.05, 4.69) is 9.97 Å². The highest BCUT2D eigenvalue weighted by atomic mass is 16.4. The molecule has 68 valence electrons. The van der Waals surface area contributed by atoms with Crippen molar-refractivity contribution in [3.63, 3.8) is 0 Å². The van der Waals surface area contributed by atoms with Crippen LogP contribution >= 0.6 is 0 Å². The summed E-state index contributed by atoms with van der Waals surface area (Å²) in [4.78, 5) is 18.7. The van der Waals surface area contributed by atoms with Crippen LogP contribution in [0.4, 0.5) is 0 Å². The van der Waals surface area contributed by atoms with Crippen LogP contribution in [-0.2, 0) is 10.2 Å². The summed E-state index contributed by atoms with van der Waals surface area (Å²) in [6.45, 7) is 0. The average molecular weight is 178 g/mol. The van der Waals surface area contributed by atoms with E-state index < -0.39 is 11.4 Å². The molecule has 13 heavy (non-hydrogen) atoms. The smallest absolute Gasteiger partial charge is 0.314 e. The molecule has 4 nitrogen and oxygen atoms in total. The van der Waals surface area contributed by atoms with Crippen LogP contribution in [0.5, 0.6) is 0 Å². The van der Waals surface area contributed by atoms with Crippen LogP contribution in [0.3, 0.4) is 0 Å². The van der Waals surface area contributed by atoms with E-state index in [0.717, 1.165) is 12.0 Å². The zero-order valence-electron chi connectivity index (χ0n) is 7.10. The fourth-order valence-electron chi connectivity index (χ4n) is 1.70. The largest absolute Gasteiger partial charge is 0.481 e. The third kappa shape index (κ3) is 1.09. The summed E-state index contributed by atoms with van der Waals surface area (Å²) >= 11 is 0. The molecule has 0 aliphatic heterocycles. The molecule has 0 unspecified atom stereocenters. The van der Waals surface area contributed by atoms with Crippen LogP contribution in [0, 0.1) is 0 Å². The maximum absolute atomic E-state index is 11.0. The van der Waals surface area contributed by atoms with Gasteiger partial charge in [-0.2, -0.15) is 0 Å². The molecule has 0 aromatic carbocycles. The van der Waals surface area contributed by atoms with E-state index in [1.54, 1.807) is 12.4 Å². The number of rotatable bonds is 2. The molecule has 0 saturated heterocycles. The lowest BCUT2D eigenvalue weighted by Crippen LogP contribution is -2.42. The zero-order valence-corrected chi connectivity index (χ0v) is 7.10. The van der Waals surface area contributed by atoms with Crippen molar-refractivity contribution in [2.45, 2.75) is 24.7 Å². The molecule has 2 rings (SSSR count). The van der Waals surface area contributed by atoms with Crippen LogP contribution in [0.2, 0.25) is 0 Å². The van der Waals surface area contributed by atoms with Crippen LogP contribution in [-0.4, -0.2) is 21.0 Å². The topological polar surface area (TPSA) is 63.1 Å². The first-order valence-corrected chi connectivity index (χ1v) is 4.24. The Morgan fingerprint density at radius 3 is 2.38 bits per heavy atom. The molecule has 0 spiro atoms. The van der Waals surface area contributed by atoms with Gasteiger partial charge in [-0.1, -0.05) is 6.42 Å². The lowest BCUT2D eigenvalue weighted by atomic mass is 9.65. The van der Waals surface area contributed by atoms with Gasteiger partial charge in [-0.3, -0.25) is 4.79 Å². The Morgan fingerprint density at radius 2 is 2.00 bits per heavy atom. The van der Waals surface area contributed by atoms with Crippen molar-refractivity contribution in [2.24, 2.45) is 0 Å². The normalized spacial score (nSPS) is 19.1. The molecular weight excluding hydrogens is 168 g/mol. The van der Waals surface area contributed by atoms with Crippen molar-refractivity contribution in [1.29, 1.82) is 0 Å². The van der Waals surface area contributed by atoms with Crippen molar-refractivity contribution >= 4 is 5.97 Å². The van der Waals surface area contributed by atoms with E-state index in [1.807, 2.05) is 0 Å². The fourth-order valence-corrected chi connectivity index (χ4v) is 1.70. The molecule has 1 N–H and O–H groups in total. The second-order valence-electron chi connectivity index (χ2n) is 3.37. The van der Waals surface area contributed by atoms with Gasteiger partial charge >= 0.3 is 5.97 Å². The predicted molar refractivity (Wildman–Crippen MR) is 45.2 cm³/mol. The lowest BCUT2D eigenvalue weighted by Gasteiger charge is -2.37. The Labute approximate surface area is 75.6 Å². The number of hydrogen-bond acceptors (Lipinski definition) is 3. The number of aliphatic carboxylic acids is 1. The number of carboxylic acids is 1. The summed E-state index contributed by atoms with van der Waals surface area (Å²) < 4.78 is 0. The maximum atomic E-state index is 11.0. The molecular formula is C9H10N2O2. The highest BCUT2D eigenvalue weighted by Gasteiger charge is 2.46. The van der Waals surface area contributed by atoms with Gasteiger partial charge in [-0.15, -0.1) is 0 Å². The van der Waals surface area contributed by atoms with E-state index in [0.29, 0.717) is 12.8 Å². The van der Waals surface area contributed by atoms with E-state index in [4.69, 9.17) is 5.11 Å². The van der Waals surface area contributed by atoms with Gasteiger partial charge in [0.25, 0.3) is 0 Å². The van der Waals surface area contributed by atoms with Crippen LogP contribution < -0.4 is 0 Å². The maximum Gasteiger partial charge on any atom is 0.314 e. The quantitative estimate of drug-likeness (QED) is 0.733. The van der Waals surface area contributed by atoms with Gasteiger partial charge in [0.15, 0.2) is 0 Å². The second kappa shape index (κ2) is 2.80. The minimum Gasteiger partial charge on any atom is -0.481 e. The minimum atomic E-state index is -0.756. The molecule has 1 saturated carbocycles. The SMILES string of the molecule is O=C(O)C1(c2cncnc2)CCC1. The third-order valence-electron chi connectivity index (χ3n) is 2.73. The molecule has 1 fully saturated rings. The van der Waals surface area contributed by atoms with E-state index in [1.165, 1.54) is 6.33 Å². The highest BCUT2D eigenvalue weighted by Crippen LogP contribution is 2.43. The Balaban J connectivity index is 2.38. The first-order chi connectivity index (χ1) is 6.26. The molecule has 1 aromatic rings. The standard InChI is InChI=1S/C9H10N2O2/c12-8(13)9(2-1-3-9)7-4-10-6-11-5-7/h4-6H,1-3H2,(H,12,13). The number of carbonyl (C=O) groups is 1. The average Bonchev–Trinajstić information content (AvgIpc) is 2.03. The van der Waals surface area contributed by atoms with Gasteiger partial charge in [0.05, 0.1) is 5.41 Å². The van der Waals surface area contributed by atoms with Gasteiger partial charge in [0.1, 0.15) is 6.33 Å². The summed E-state index contributed by atoms with van der Waals surface area (Å²) in [6, 6.07) is 0. The Morgan fingerprint density at radius 1 is 1.38 bits per heavy atom. The first-order valence-electron chi connectivity index (χ1n) is 4.24. The summed E-state index contributed by atoms with van der Waals surface area (Å²) in [5, 5.41) is 9.08. The van der Waals surface area contributed by atoms with E-state index in [-0.39, 0.29) is 0 Å². The molecule has 1 aromatic heterocycles. The van der Waals surface area contributed by atoms with Crippen molar-refractivity contribution in [2.75, 3.05) is 0 Å². The van der Waals surface area contributed by atoms with Crippen LogP contribution in [0.1, 0.15) is 24.8 Å². The molecule has 1 aliphatic carbocycles. The number of carboxylic acid groups (broad SMARTS) is 1. The van der Waals surface area contributed by atoms with Crippen LogP contribution in [0.15, 0.2) is 18.7 Å². The Bertz CT molecular complexity index is 320. The second-order valence-corrected chi connectivity index (χ2v) is 3.37. The van der Waals surface area contributed by atoms with Crippen molar-refractivity contribution in [1.82, 2.24) is 9.97 Å². The minimum absolute atomic E-state index is 0.693. The lowest BCUT2D eigenvalue weighted by molar-refractivity contribution is -0.147. The van der Waals surface area contributed by atoms with Gasteiger partial charge in [0, 0.05) is 18.0 Å². The van der Waals surface area contributed by atoms with E-state index >= 15 is 0 Å². The van der Waals surface area contributed by atoms with Crippen LogP contribution in [0.25, 0.3) is 0 Å². The first kappa shape index (κ1) is 8.16. The molecule has 0 atom stereocenters. The van der Waals surface area contributed by atoms with Gasteiger partial charge in [-0.05, 0) is 12.8 Å². The molecule has 1 heterocycles. The van der Waals surface area contributed by atoms with Crippen molar-refractivity contribution in [3.8, 4) is 0 Å². The summed E-state index contributed by atoms with van der Waals surface area (Å²) in [6.07, 6.45) is 6.99. The van der Waals surface area contributed by atoms with Gasteiger partial charge in [0.2, 0.25) is 0 Å². The van der Waals surface area contributed by atoms with Gasteiger partial charge in [-0.25, -0.2) is 9.97 Å². The van der Waals surface area contributed by atoms with E-state index in [9.17, 15) is 4.79 Å². The molecule has 0 amide bonds. The number of hydrogen-bond donors (Lipinski definition) is 1. The molecule has 0 bridgehead atoms. The number of aromatic nitrogens is 2. The van der Waals surface area contributed by atoms with Crippen molar-refractivity contribution < 1.29 is 9.90 Å². The zero-order chi connectivity index (χ0) is 9.31. The number of nitrogens with zero attached hydrogens (tertiary/aromatic N) is 2. The molecule has 1 aliphatic rings. The molecule has 0 radical (unpaired) electrons. The predicted octanol–water partition coefficient (Wildman–Crippen LogP) is 0.983. The van der Waals surface area contributed by atoms with Gasteiger partial charge < -0.3 is 5.11 Å². The highest BCUT2D eigenvalue weighted by molar-refractivity contribution is 5.82. The summed E-state index contributed by atoms with van der Waals surface area (Å²) in [5.74, 6) is -0.756. The fraction of sp³-hybridized carbons (Fsp3) is 0.444. The molecule has 4 heteroatoms. The Kier molecular flexibility index (Phi) is 1.76. The third-order valence-corrected chi connectivity index (χ3v) is 2.73. The Hall–Kier alpha value is -1.45.